The summed E-state index contributed by atoms with van der Waals surface area (Å²) in [5, 5.41) is 57.2. The average molecular weight is 1200 g/mol. The Kier molecular flexibility index (Phi) is 13.5. The number of carbonyl (C=O) groups is 7. The first-order valence-corrected chi connectivity index (χ1v) is 30.9. The van der Waals surface area contributed by atoms with Crippen LogP contribution in [0.2, 0.25) is 0 Å². The van der Waals surface area contributed by atoms with Crippen LogP contribution in [0, 0.1) is 35.5 Å². The van der Waals surface area contributed by atoms with Gasteiger partial charge in [-0.05, 0) is 107 Å². The molecule has 6 unspecified atom stereocenters. The number of amides is 2. The highest BCUT2D eigenvalue weighted by molar-refractivity contribution is 6.08. The van der Waals surface area contributed by atoms with E-state index in [0.717, 1.165) is 84.3 Å². The summed E-state index contributed by atoms with van der Waals surface area (Å²) in [5.41, 5.74) is 16.8. The Hall–Kier alpha value is -10.5. The fraction of sp³-hybridized carbons (Fsp3) is 0.218. The van der Waals surface area contributed by atoms with E-state index in [1.807, 2.05) is 201 Å². The minimum absolute atomic E-state index is 0.0192. The van der Waals surface area contributed by atoms with Crippen molar-refractivity contribution in [1.82, 2.24) is 4.90 Å². The second-order valence-electron chi connectivity index (χ2n) is 25.1. The summed E-state index contributed by atoms with van der Waals surface area (Å²) < 4.78 is 0. The van der Waals surface area contributed by atoms with Gasteiger partial charge in [0.2, 0.25) is 11.8 Å². The molecule has 0 spiro atoms. The molecule has 12 aliphatic carbocycles. The standard InChI is InChI=1S/C21H19NO2.C21H14O2.2C18H14O4/c1-2-11-22-20(23)18-16-12-7-3-4-8-13(12)17(19(18)21(22)24)15-10-6-5-9-14(15)16;22-20(23)21-16-10-4-1-7-13(16)19(14-8-2-5-11-17(14)21)15-9-3-6-12-18(15)21;2*19-17(20)15-13-9-5-1-2-6-10(9)14(16(15)18(21)22)12-8-4-3-7-11(12)13/h3-10,16-19H,2,11H2,1H3;1-12,19H,(H,22,23);2*1-8,13-16H,(H,19,20)(H,21,22)/p-4. The minimum atomic E-state index is -1.33. The van der Waals surface area contributed by atoms with Crippen LogP contribution in [0.3, 0.4) is 0 Å². The van der Waals surface area contributed by atoms with Crippen molar-refractivity contribution < 1.29 is 59.1 Å². The van der Waals surface area contributed by atoms with Crippen LogP contribution in [0.25, 0.3) is 0 Å². The van der Waals surface area contributed by atoms with Gasteiger partial charge in [-0.2, -0.15) is 0 Å². The van der Waals surface area contributed by atoms with Crippen LogP contribution in [0.15, 0.2) is 218 Å². The van der Waals surface area contributed by atoms with Crippen molar-refractivity contribution in [3.8, 4) is 0 Å². The zero-order valence-electron chi connectivity index (χ0n) is 49.1. The Morgan fingerprint density at radius 3 is 0.802 bits per heavy atom. The number of carboxylic acid groups (broad SMARTS) is 5. The molecule has 13 nitrogen and oxygen atoms in total. The third kappa shape index (κ3) is 8.05. The number of carbonyl (C=O) groups excluding carboxylic acids is 6. The Morgan fingerprint density at radius 1 is 0.352 bits per heavy atom. The van der Waals surface area contributed by atoms with Gasteiger partial charge in [-0.15, -0.1) is 0 Å². The minimum Gasteiger partial charge on any atom is -0.550 e. The number of fused-ring (bicyclic) bond motifs is 2. The Balaban J connectivity index is 0.000000101. The van der Waals surface area contributed by atoms with Gasteiger partial charge in [-0.25, -0.2) is 0 Å². The quantitative estimate of drug-likeness (QED) is 0.156. The Morgan fingerprint density at radius 2 is 0.571 bits per heavy atom. The zero-order valence-corrected chi connectivity index (χ0v) is 49.1. The SMILES string of the molecule is CCCN1C(=O)C2C3c4ccccc4C(c4ccccc43)C2C1=O.O=C([O-])C12c3ccccc3C(c3ccccc31)c1ccccc12.O=C([O-])C1C2c3ccccc3C(c3ccccc32)C1C(=O)O.O=C([O-])C1C2c3ccccc3C(c3ccccc32)C1C(=O)[O-]. The molecule has 1 aliphatic heterocycles. The number of hydrogen-bond donors (Lipinski definition) is 1. The lowest BCUT2D eigenvalue weighted by molar-refractivity contribution is -0.328. The zero-order chi connectivity index (χ0) is 62.9. The van der Waals surface area contributed by atoms with Gasteiger partial charge in [0.15, 0.2) is 0 Å². The number of nitrogens with zero attached hydrogens (tertiary/aromatic N) is 1. The normalized spacial score (nSPS) is 27.0. The molecule has 0 aromatic heterocycles. The van der Waals surface area contributed by atoms with E-state index in [0.29, 0.717) is 6.54 Å². The van der Waals surface area contributed by atoms with Gasteiger partial charge in [0, 0.05) is 83.6 Å². The van der Waals surface area contributed by atoms with Crippen LogP contribution in [0.5, 0.6) is 0 Å². The highest BCUT2D eigenvalue weighted by Gasteiger charge is 2.62. The third-order valence-corrected chi connectivity index (χ3v) is 21.3. The second kappa shape index (κ2) is 21.6. The summed E-state index contributed by atoms with van der Waals surface area (Å²) in [4.78, 5) is 87.0. The number of imide groups is 1. The van der Waals surface area contributed by atoms with Crippen LogP contribution >= 0.6 is 0 Å². The number of aliphatic carboxylic acids is 5. The van der Waals surface area contributed by atoms with E-state index in [1.165, 1.54) is 27.2 Å². The number of benzene rings is 9. The lowest BCUT2D eigenvalue weighted by Crippen LogP contribution is -2.54. The van der Waals surface area contributed by atoms with Gasteiger partial charge in [-0.1, -0.05) is 225 Å². The molecule has 1 heterocycles. The van der Waals surface area contributed by atoms with E-state index >= 15 is 0 Å². The molecule has 1 fully saturated rings. The molecule has 0 saturated carbocycles. The third-order valence-electron chi connectivity index (χ3n) is 21.3. The van der Waals surface area contributed by atoms with E-state index in [2.05, 4.69) is 24.3 Å². The highest BCUT2D eigenvalue weighted by atomic mass is 16.4. The first kappa shape index (κ1) is 56.9. The molecule has 13 aliphatic rings. The molecular weight excluding hydrogens is 1140 g/mol. The molecule has 0 radical (unpaired) electrons. The largest absolute Gasteiger partial charge is 0.550 e. The summed E-state index contributed by atoms with van der Waals surface area (Å²) >= 11 is 0. The fourth-order valence-electron chi connectivity index (χ4n) is 18.2. The Bertz CT molecular complexity index is 3990. The van der Waals surface area contributed by atoms with Crippen molar-refractivity contribution in [3.63, 3.8) is 0 Å². The summed E-state index contributed by atoms with van der Waals surface area (Å²) in [6.07, 6.45) is 0.812. The smallest absolute Gasteiger partial charge is 0.308 e. The van der Waals surface area contributed by atoms with Gasteiger partial charge in [0.1, 0.15) is 0 Å². The molecule has 91 heavy (non-hydrogen) atoms. The van der Waals surface area contributed by atoms with Gasteiger partial charge in [0.05, 0.1) is 29.1 Å². The predicted molar refractivity (Wildman–Crippen MR) is 325 cm³/mol. The molecule has 9 aromatic carbocycles. The maximum absolute atomic E-state index is 13.1. The molecular formula is C78H57NO12-4. The van der Waals surface area contributed by atoms with Crippen LogP contribution < -0.4 is 20.4 Å². The van der Waals surface area contributed by atoms with E-state index in [9.17, 15) is 59.1 Å². The predicted octanol–water partition coefficient (Wildman–Crippen LogP) is 7.22. The van der Waals surface area contributed by atoms with Crippen LogP contribution in [-0.4, -0.2) is 58.2 Å². The van der Waals surface area contributed by atoms with Gasteiger partial charge in [0.25, 0.3) is 0 Å². The van der Waals surface area contributed by atoms with Crippen LogP contribution in [0.1, 0.15) is 155 Å². The molecule has 13 heteroatoms. The van der Waals surface area contributed by atoms with Gasteiger partial charge in [-0.3, -0.25) is 19.3 Å². The van der Waals surface area contributed by atoms with Crippen LogP contribution in [-0.2, 0) is 39.0 Å². The number of hydrogen-bond acceptors (Lipinski definition) is 11. The maximum Gasteiger partial charge on any atom is 0.308 e. The average Bonchev–Trinajstić information content (AvgIpc) is 1.23. The molecule has 8 bridgehead atoms. The molecule has 22 rings (SSSR count). The number of carboxylic acids is 5. The first-order valence-electron chi connectivity index (χ1n) is 30.9. The van der Waals surface area contributed by atoms with Crippen molar-refractivity contribution in [2.24, 2.45) is 35.5 Å². The van der Waals surface area contributed by atoms with Crippen LogP contribution in [0.4, 0.5) is 0 Å². The number of likely N-dealkylation sites (tertiary alicyclic amines) is 1. The molecule has 6 atom stereocenters. The summed E-state index contributed by atoms with van der Waals surface area (Å²) in [5.74, 6) is -12.4. The molecule has 450 valence electrons. The van der Waals surface area contributed by atoms with Crippen molar-refractivity contribution >= 4 is 41.7 Å². The number of rotatable bonds is 7. The first-order chi connectivity index (χ1) is 44.2. The van der Waals surface area contributed by atoms with Crippen molar-refractivity contribution in [3.05, 3.63) is 319 Å². The molecule has 1 N–H and O–H groups in total. The van der Waals surface area contributed by atoms with E-state index in [4.69, 9.17) is 0 Å². The van der Waals surface area contributed by atoms with E-state index in [1.54, 1.807) is 0 Å². The Labute approximate surface area is 523 Å². The van der Waals surface area contributed by atoms with Gasteiger partial charge < -0.3 is 44.7 Å². The lowest BCUT2D eigenvalue weighted by Gasteiger charge is -2.51. The van der Waals surface area contributed by atoms with Crippen molar-refractivity contribution in [2.75, 3.05) is 6.54 Å². The lowest BCUT2D eigenvalue weighted by atomic mass is 9.53. The summed E-state index contributed by atoms with van der Waals surface area (Å²) in [7, 11) is 0. The monoisotopic (exact) mass is 1200 g/mol. The van der Waals surface area contributed by atoms with E-state index < -0.39 is 82.6 Å². The molecule has 9 aromatic rings. The fourth-order valence-corrected chi connectivity index (χ4v) is 18.2. The van der Waals surface area contributed by atoms with Crippen molar-refractivity contribution in [1.29, 1.82) is 0 Å². The van der Waals surface area contributed by atoms with Crippen molar-refractivity contribution in [2.45, 2.75) is 60.2 Å². The van der Waals surface area contributed by atoms with E-state index in [-0.39, 0.29) is 41.4 Å². The molecule has 2 amide bonds. The summed E-state index contributed by atoms with van der Waals surface area (Å²) in [6, 6.07) is 70.3. The maximum atomic E-state index is 13.1. The topological polar surface area (TPSA) is 235 Å². The second-order valence-corrected chi connectivity index (χ2v) is 25.1. The van der Waals surface area contributed by atoms with Gasteiger partial charge >= 0.3 is 5.97 Å². The molecule has 1 saturated heterocycles. The summed E-state index contributed by atoms with van der Waals surface area (Å²) in [6.45, 7) is 2.55. The highest BCUT2D eigenvalue weighted by Crippen LogP contribution is 2.63.